The highest BCUT2D eigenvalue weighted by molar-refractivity contribution is 7.89. The third kappa shape index (κ3) is 5.86. The van der Waals surface area contributed by atoms with E-state index in [9.17, 15) is 18.0 Å². The Morgan fingerprint density at radius 1 is 1.29 bits per heavy atom. The first-order valence-electron chi connectivity index (χ1n) is 6.52. The predicted octanol–water partition coefficient (Wildman–Crippen LogP) is -1.19. The lowest BCUT2D eigenvalue weighted by Gasteiger charge is -2.14. The molecule has 1 rings (SSSR count). The van der Waals surface area contributed by atoms with Crippen molar-refractivity contribution < 1.29 is 27.9 Å². The summed E-state index contributed by atoms with van der Waals surface area (Å²) in [5.74, 6) is -1.19. The van der Waals surface area contributed by atoms with Gasteiger partial charge in [-0.3, -0.25) is 0 Å². The van der Waals surface area contributed by atoms with Crippen LogP contribution in [0.5, 0.6) is 0 Å². The first-order chi connectivity index (χ1) is 9.72. The molecule has 3 N–H and O–H groups in total. The summed E-state index contributed by atoms with van der Waals surface area (Å²) < 4.78 is 29.2. The molecule has 0 radical (unpaired) electrons. The van der Waals surface area contributed by atoms with Gasteiger partial charge in [0.2, 0.25) is 10.0 Å². The molecule has 0 aliphatic carbocycles. The van der Waals surface area contributed by atoms with Crippen molar-refractivity contribution in [3.05, 3.63) is 0 Å². The molecule has 1 saturated heterocycles. The maximum absolute atomic E-state index is 11.5. The second-order valence-electron chi connectivity index (χ2n) is 4.90. The molecule has 0 aromatic heterocycles. The summed E-state index contributed by atoms with van der Waals surface area (Å²) in [7, 11) is -0.496. The van der Waals surface area contributed by atoms with Crippen LogP contribution in [0, 0.1) is 0 Å². The maximum atomic E-state index is 11.5. The molecule has 0 aromatic carbocycles. The average molecular weight is 323 g/mol. The van der Waals surface area contributed by atoms with Gasteiger partial charge in [0.25, 0.3) is 0 Å². The fourth-order valence-corrected chi connectivity index (χ4v) is 2.51. The summed E-state index contributed by atoms with van der Waals surface area (Å²) in [5, 5.41) is 13.7. The third-order valence-corrected chi connectivity index (χ3v) is 4.91. The van der Waals surface area contributed by atoms with Gasteiger partial charge in [0, 0.05) is 27.2 Å². The number of nitrogens with zero attached hydrogens (tertiary/aromatic N) is 1. The van der Waals surface area contributed by atoms with Gasteiger partial charge in [0.05, 0.1) is 11.9 Å². The van der Waals surface area contributed by atoms with Gasteiger partial charge < -0.3 is 20.5 Å². The highest BCUT2D eigenvalue weighted by atomic mass is 32.2. The van der Waals surface area contributed by atoms with Gasteiger partial charge in [0.1, 0.15) is 0 Å². The second-order valence-corrected chi connectivity index (χ2v) is 7.20. The van der Waals surface area contributed by atoms with Crippen LogP contribution >= 0.6 is 0 Å². The van der Waals surface area contributed by atoms with Crippen LogP contribution in [0.1, 0.15) is 12.8 Å². The van der Waals surface area contributed by atoms with Crippen molar-refractivity contribution in [2.75, 3.05) is 32.9 Å². The predicted molar refractivity (Wildman–Crippen MR) is 74.4 cm³/mol. The zero-order valence-electron chi connectivity index (χ0n) is 12.0. The van der Waals surface area contributed by atoms with Crippen LogP contribution < -0.4 is 10.6 Å². The van der Waals surface area contributed by atoms with E-state index in [2.05, 4.69) is 10.6 Å². The molecule has 9 nitrogen and oxygen atoms in total. The molecule has 1 fully saturated rings. The SMILES string of the molecule is CN(C)S(=O)(=O)CCNC(=O)NCC1CCC(C(=O)O)O1. The smallest absolute Gasteiger partial charge is 0.332 e. The molecule has 21 heavy (non-hydrogen) atoms. The molecular weight excluding hydrogens is 302 g/mol. The van der Waals surface area contributed by atoms with Gasteiger partial charge in [-0.15, -0.1) is 0 Å². The lowest BCUT2D eigenvalue weighted by Crippen LogP contribution is -2.42. The molecule has 1 aliphatic heterocycles. The molecule has 1 aliphatic rings. The minimum Gasteiger partial charge on any atom is -0.479 e. The maximum Gasteiger partial charge on any atom is 0.332 e. The highest BCUT2D eigenvalue weighted by Gasteiger charge is 2.30. The van der Waals surface area contributed by atoms with Crippen LogP contribution in [-0.2, 0) is 19.6 Å². The van der Waals surface area contributed by atoms with Crippen LogP contribution in [-0.4, -0.2) is 75.0 Å². The number of aliphatic carboxylic acids is 1. The minimum absolute atomic E-state index is 0.00434. The minimum atomic E-state index is -3.34. The lowest BCUT2D eigenvalue weighted by atomic mass is 10.2. The quantitative estimate of drug-likeness (QED) is 0.541. The van der Waals surface area contributed by atoms with E-state index >= 15 is 0 Å². The standard InChI is InChI=1S/C11H21N3O6S/c1-14(2)21(18,19)6-5-12-11(17)13-7-8-3-4-9(20-8)10(15)16/h8-9H,3-7H2,1-2H3,(H,15,16)(H2,12,13,17). The van der Waals surface area contributed by atoms with E-state index in [1.54, 1.807) is 0 Å². The van der Waals surface area contributed by atoms with Crippen LogP contribution in [0.3, 0.4) is 0 Å². The zero-order valence-corrected chi connectivity index (χ0v) is 12.9. The Kier molecular flexibility index (Phi) is 6.37. The first kappa shape index (κ1) is 17.7. The molecule has 2 unspecified atom stereocenters. The molecule has 2 amide bonds. The molecule has 0 aromatic rings. The second kappa shape index (κ2) is 7.57. The number of urea groups is 1. The van der Waals surface area contributed by atoms with E-state index in [1.165, 1.54) is 14.1 Å². The number of hydrogen-bond donors (Lipinski definition) is 3. The molecule has 0 spiro atoms. The van der Waals surface area contributed by atoms with Crippen LogP contribution in [0.2, 0.25) is 0 Å². The summed E-state index contributed by atoms with van der Waals surface area (Å²) in [6, 6.07) is -0.508. The van der Waals surface area contributed by atoms with Crippen molar-refractivity contribution in [3.63, 3.8) is 0 Å². The van der Waals surface area contributed by atoms with Crippen LogP contribution in [0.4, 0.5) is 4.79 Å². The van der Waals surface area contributed by atoms with Gasteiger partial charge >= 0.3 is 12.0 Å². The van der Waals surface area contributed by atoms with Crippen molar-refractivity contribution in [3.8, 4) is 0 Å². The summed E-state index contributed by atoms with van der Waals surface area (Å²) in [6.07, 6.45) is -0.163. The van der Waals surface area contributed by atoms with Crippen LogP contribution in [0.15, 0.2) is 0 Å². The normalized spacial score (nSPS) is 22.2. The Morgan fingerprint density at radius 2 is 1.95 bits per heavy atom. The Morgan fingerprint density at radius 3 is 2.48 bits per heavy atom. The molecule has 122 valence electrons. The topological polar surface area (TPSA) is 125 Å². The van der Waals surface area contributed by atoms with Crippen molar-refractivity contribution in [2.45, 2.75) is 25.0 Å². The average Bonchev–Trinajstić information content (AvgIpc) is 2.85. The lowest BCUT2D eigenvalue weighted by molar-refractivity contribution is -0.149. The van der Waals surface area contributed by atoms with E-state index in [4.69, 9.17) is 9.84 Å². The summed E-state index contributed by atoms with van der Waals surface area (Å²) >= 11 is 0. The van der Waals surface area contributed by atoms with Crippen molar-refractivity contribution >= 4 is 22.0 Å². The Labute approximate surface area is 123 Å². The monoisotopic (exact) mass is 323 g/mol. The van der Waals surface area contributed by atoms with E-state index in [1.807, 2.05) is 0 Å². The van der Waals surface area contributed by atoms with Crippen molar-refractivity contribution in [1.82, 2.24) is 14.9 Å². The summed E-state index contributed by atoms with van der Waals surface area (Å²) in [4.78, 5) is 22.2. The first-order valence-corrected chi connectivity index (χ1v) is 8.13. The van der Waals surface area contributed by atoms with E-state index in [-0.39, 0.29) is 24.9 Å². The van der Waals surface area contributed by atoms with Gasteiger partial charge in [-0.2, -0.15) is 0 Å². The molecule has 2 atom stereocenters. The number of carbonyl (C=O) groups is 2. The van der Waals surface area contributed by atoms with E-state index in [0.29, 0.717) is 12.8 Å². The number of amides is 2. The molecule has 1 heterocycles. The molecule has 0 bridgehead atoms. The van der Waals surface area contributed by atoms with Crippen molar-refractivity contribution in [2.24, 2.45) is 0 Å². The largest absolute Gasteiger partial charge is 0.479 e. The molecular formula is C11H21N3O6S. The number of carbonyl (C=O) groups excluding carboxylic acids is 1. The van der Waals surface area contributed by atoms with E-state index < -0.39 is 28.1 Å². The Hall–Kier alpha value is -1.39. The molecule has 0 saturated carbocycles. The number of carboxylic acid groups (broad SMARTS) is 1. The van der Waals surface area contributed by atoms with E-state index in [0.717, 1.165) is 4.31 Å². The number of nitrogens with one attached hydrogen (secondary N) is 2. The summed E-state index contributed by atoms with van der Waals surface area (Å²) in [6.45, 7) is 0.186. The third-order valence-electron chi connectivity index (χ3n) is 3.08. The molecule has 10 heteroatoms. The van der Waals surface area contributed by atoms with Gasteiger partial charge in [-0.25, -0.2) is 22.3 Å². The number of hydrogen-bond acceptors (Lipinski definition) is 5. The number of rotatable bonds is 7. The van der Waals surface area contributed by atoms with Gasteiger partial charge in [0.15, 0.2) is 6.10 Å². The fourth-order valence-electron chi connectivity index (χ4n) is 1.78. The number of carboxylic acids is 1. The van der Waals surface area contributed by atoms with Crippen molar-refractivity contribution in [1.29, 1.82) is 0 Å². The fraction of sp³-hybridized carbons (Fsp3) is 0.818. The number of sulfonamides is 1. The van der Waals surface area contributed by atoms with Gasteiger partial charge in [-0.1, -0.05) is 0 Å². The number of ether oxygens (including phenoxy) is 1. The highest BCUT2D eigenvalue weighted by Crippen LogP contribution is 2.18. The van der Waals surface area contributed by atoms with Gasteiger partial charge in [-0.05, 0) is 12.8 Å². The van der Waals surface area contributed by atoms with Crippen LogP contribution in [0.25, 0.3) is 0 Å². The Bertz CT molecular complexity index is 478. The Balaban J connectivity index is 2.19. The summed E-state index contributed by atoms with van der Waals surface area (Å²) in [5.41, 5.74) is 0. The zero-order chi connectivity index (χ0) is 16.0.